The van der Waals surface area contributed by atoms with Gasteiger partial charge in [0.1, 0.15) is 10.6 Å². The lowest BCUT2D eigenvalue weighted by atomic mass is 10.2. The lowest BCUT2D eigenvalue weighted by Gasteiger charge is -2.07. The van der Waals surface area contributed by atoms with Crippen LogP contribution in [-0.2, 0) is 9.84 Å². The largest absolute Gasteiger partial charge is 0.507 e. The second-order valence-electron chi connectivity index (χ2n) is 4.29. The molecule has 0 spiro atoms. The Labute approximate surface area is 107 Å². The number of aryl methyl sites for hydroxylation is 2. The zero-order valence-corrected chi connectivity index (χ0v) is 11.0. The SMILES string of the molecule is Cc1ccc(S(=O)(=O)c2ccc(C)cc2O)cc1. The van der Waals surface area contributed by atoms with Crippen LogP contribution >= 0.6 is 0 Å². The van der Waals surface area contributed by atoms with E-state index in [2.05, 4.69) is 0 Å². The molecule has 0 aliphatic heterocycles. The molecule has 0 atom stereocenters. The predicted molar refractivity (Wildman–Crippen MR) is 69.5 cm³/mol. The average Bonchev–Trinajstić information content (AvgIpc) is 2.29. The third-order valence-electron chi connectivity index (χ3n) is 2.74. The Kier molecular flexibility index (Phi) is 3.13. The summed E-state index contributed by atoms with van der Waals surface area (Å²) in [5.41, 5.74) is 1.80. The molecular formula is C14H14O3S. The molecule has 0 saturated carbocycles. The van der Waals surface area contributed by atoms with Gasteiger partial charge in [0.2, 0.25) is 9.84 Å². The molecule has 0 saturated heterocycles. The maximum Gasteiger partial charge on any atom is 0.210 e. The van der Waals surface area contributed by atoms with Gasteiger partial charge in [0, 0.05) is 0 Å². The van der Waals surface area contributed by atoms with Crippen LogP contribution in [-0.4, -0.2) is 13.5 Å². The van der Waals surface area contributed by atoms with Crippen molar-refractivity contribution >= 4 is 9.84 Å². The highest BCUT2D eigenvalue weighted by Gasteiger charge is 2.21. The van der Waals surface area contributed by atoms with Crippen LogP contribution in [0.3, 0.4) is 0 Å². The van der Waals surface area contributed by atoms with Gasteiger partial charge < -0.3 is 5.11 Å². The molecule has 0 radical (unpaired) electrons. The highest BCUT2D eigenvalue weighted by atomic mass is 32.2. The fourth-order valence-electron chi connectivity index (χ4n) is 1.70. The lowest BCUT2D eigenvalue weighted by molar-refractivity contribution is 0.458. The number of phenolic OH excluding ortho intramolecular Hbond substituents is 1. The zero-order chi connectivity index (χ0) is 13.3. The first kappa shape index (κ1) is 12.6. The zero-order valence-electron chi connectivity index (χ0n) is 10.2. The smallest absolute Gasteiger partial charge is 0.210 e. The Bertz CT molecular complexity index is 671. The van der Waals surface area contributed by atoms with E-state index in [0.29, 0.717) is 0 Å². The normalized spacial score (nSPS) is 11.4. The van der Waals surface area contributed by atoms with E-state index in [0.717, 1.165) is 11.1 Å². The second-order valence-corrected chi connectivity index (χ2v) is 6.21. The van der Waals surface area contributed by atoms with E-state index in [4.69, 9.17) is 0 Å². The van der Waals surface area contributed by atoms with Crippen molar-refractivity contribution < 1.29 is 13.5 Å². The van der Waals surface area contributed by atoms with Gasteiger partial charge in [-0.05, 0) is 43.7 Å². The van der Waals surface area contributed by atoms with Crippen LogP contribution in [0.5, 0.6) is 5.75 Å². The average molecular weight is 262 g/mol. The Balaban J connectivity index is 2.58. The first-order valence-corrected chi connectivity index (χ1v) is 7.01. The van der Waals surface area contributed by atoms with Crippen molar-refractivity contribution in [3.05, 3.63) is 53.6 Å². The van der Waals surface area contributed by atoms with E-state index >= 15 is 0 Å². The fourth-order valence-corrected chi connectivity index (χ4v) is 3.03. The Hall–Kier alpha value is -1.81. The predicted octanol–water partition coefficient (Wildman–Crippen LogP) is 2.84. The highest BCUT2D eigenvalue weighted by Crippen LogP contribution is 2.29. The third kappa shape index (κ3) is 2.24. The molecule has 0 unspecified atom stereocenters. The number of aromatic hydroxyl groups is 1. The molecular weight excluding hydrogens is 248 g/mol. The molecule has 2 rings (SSSR count). The van der Waals surface area contributed by atoms with Gasteiger partial charge in [0.15, 0.2) is 0 Å². The van der Waals surface area contributed by atoms with Crippen LogP contribution in [0.2, 0.25) is 0 Å². The second kappa shape index (κ2) is 4.46. The summed E-state index contributed by atoms with van der Waals surface area (Å²) in [4.78, 5) is 0.129. The van der Waals surface area contributed by atoms with E-state index in [9.17, 15) is 13.5 Å². The van der Waals surface area contributed by atoms with Gasteiger partial charge in [-0.1, -0.05) is 23.8 Å². The number of rotatable bonds is 2. The van der Waals surface area contributed by atoms with E-state index in [1.165, 1.54) is 12.1 Å². The minimum absolute atomic E-state index is 0.0584. The molecule has 3 nitrogen and oxygen atoms in total. The summed E-state index contributed by atoms with van der Waals surface area (Å²) in [6.07, 6.45) is 0. The number of hydrogen-bond donors (Lipinski definition) is 1. The van der Waals surface area contributed by atoms with Gasteiger partial charge in [-0.3, -0.25) is 0 Å². The van der Waals surface area contributed by atoms with E-state index in [1.807, 2.05) is 6.92 Å². The molecule has 94 valence electrons. The van der Waals surface area contributed by atoms with Crippen molar-refractivity contribution in [3.63, 3.8) is 0 Å². The summed E-state index contributed by atoms with van der Waals surface area (Å²) in [7, 11) is -3.65. The number of phenols is 1. The maximum absolute atomic E-state index is 12.3. The maximum atomic E-state index is 12.3. The van der Waals surface area contributed by atoms with Crippen LogP contribution in [0, 0.1) is 13.8 Å². The first-order valence-electron chi connectivity index (χ1n) is 5.52. The third-order valence-corrected chi connectivity index (χ3v) is 4.55. The molecule has 0 aliphatic rings. The van der Waals surface area contributed by atoms with Crippen LogP contribution < -0.4 is 0 Å². The summed E-state index contributed by atoms with van der Waals surface area (Å²) in [6.45, 7) is 3.68. The quantitative estimate of drug-likeness (QED) is 0.905. The molecule has 2 aromatic carbocycles. The topological polar surface area (TPSA) is 54.4 Å². The summed E-state index contributed by atoms with van der Waals surface area (Å²) in [6, 6.07) is 11.1. The Morgan fingerprint density at radius 1 is 0.889 bits per heavy atom. The van der Waals surface area contributed by atoms with Crippen LogP contribution in [0.1, 0.15) is 11.1 Å². The standard InChI is InChI=1S/C14H14O3S/c1-10-3-6-12(7-4-10)18(16,17)14-8-5-11(2)9-13(14)15/h3-9,15H,1-2H3. The van der Waals surface area contributed by atoms with Gasteiger partial charge in [-0.25, -0.2) is 8.42 Å². The van der Waals surface area contributed by atoms with Crippen LogP contribution in [0.15, 0.2) is 52.3 Å². The van der Waals surface area contributed by atoms with E-state index < -0.39 is 9.84 Å². The summed E-state index contributed by atoms with van der Waals surface area (Å²) >= 11 is 0. The minimum Gasteiger partial charge on any atom is -0.507 e. The molecule has 0 aromatic heterocycles. The van der Waals surface area contributed by atoms with Crippen LogP contribution in [0.25, 0.3) is 0 Å². The molecule has 0 heterocycles. The van der Waals surface area contributed by atoms with Crippen LogP contribution in [0.4, 0.5) is 0 Å². The molecule has 0 aliphatic carbocycles. The molecule has 0 amide bonds. The van der Waals surface area contributed by atoms with Gasteiger partial charge in [-0.2, -0.15) is 0 Å². The minimum atomic E-state index is -3.65. The van der Waals surface area contributed by atoms with Gasteiger partial charge >= 0.3 is 0 Å². The Morgan fingerprint density at radius 2 is 1.44 bits per heavy atom. The monoisotopic (exact) mass is 262 g/mol. The number of sulfone groups is 1. The van der Waals surface area contributed by atoms with Crippen molar-refractivity contribution in [2.45, 2.75) is 23.6 Å². The van der Waals surface area contributed by atoms with Gasteiger partial charge in [0.25, 0.3) is 0 Å². The van der Waals surface area contributed by atoms with Crippen molar-refractivity contribution in [2.75, 3.05) is 0 Å². The summed E-state index contributed by atoms with van der Waals surface area (Å²) in [5, 5.41) is 9.76. The molecule has 2 aromatic rings. The van der Waals surface area contributed by atoms with Crippen molar-refractivity contribution in [2.24, 2.45) is 0 Å². The molecule has 0 fully saturated rings. The van der Waals surface area contributed by atoms with Gasteiger partial charge in [-0.15, -0.1) is 0 Å². The number of hydrogen-bond acceptors (Lipinski definition) is 3. The van der Waals surface area contributed by atoms with E-state index in [1.54, 1.807) is 37.3 Å². The van der Waals surface area contributed by atoms with Gasteiger partial charge in [0.05, 0.1) is 4.90 Å². The van der Waals surface area contributed by atoms with Crippen molar-refractivity contribution in [1.82, 2.24) is 0 Å². The highest BCUT2D eigenvalue weighted by molar-refractivity contribution is 7.91. The molecule has 18 heavy (non-hydrogen) atoms. The summed E-state index contributed by atoms with van der Waals surface area (Å²) < 4.78 is 24.6. The molecule has 0 bridgehead atoms. The summed E-state index contributed by atoms with van der Waals surface area (Å²) in [5.74, 6) is -0.212. The Morgan fingerprint density at radius 3 is 2.00 bits per heavy atom. The van der Waals surface area contributed by atoms with Crippen molar-refractivity contribution in [3.8, 4) is 5.75 Å². The number of benzene rings is 2. The fraction of sp³-hybridized carbons (Fsp3) is 0.143. The lowest BCUT2D eigenvalue weighted by Crippen LogP contribution is -2.02. The first-order chi connectivity index (χ1) is 8.41. The van der Waals surface area contributed by atoms with E-state index in [-0.39, 0.29) is 15.5 Å². The molecule has 4 heteroatoms. The molecule has 1 N–H and O–H groups in total. The van der Waals surface area contributed by atoms with Crippen molar-refractivity contribution in [1.29, 1.82) is 0 Å².